The van der Waals surface area contributed by atoms with Gasteiger partial charge in [0.2, 0.25) is 0 Å². The van der Waals surface area contributed by atoms with Crippen LogP contribution in [-0.2, 0) is 9.84 Å². The predicted molar refractivity (Wildman–Crippen MR) is 66.1 cm³/mol. The lowest BCUT2D eigenvalue weighted by Crippen LogP contribution is -2.31. The molecule has 0 heterocycles. The Morgan fingerprint density at radius 3 is 2.25 bits per heavy atom. The van der Waals surface area contributed by atoms with E-state index in [0.29, 0.717) is 11.8 Å². The van der Waals surface area contributed by atoms with Crippen molar-refractivity contribution in [3.63, 3.8) is 0 Å². The van der Waals surface area contributed by atoms with E-state index >= 15 is 0 Å². The average Bonchev–Trinajstić information content (AvgIpc) is 2.92. The molecule has 2 aliphatic carbocycles. The summed E-state index contributed by atoms with van der Waals surface area (Å²) in [4.78, 5) is 0. The first-order valence-electron chi connectivity index (χ1n) is 6.38. The standard InChI is InChI=1S/C12H23NO2S/c1-13-11(7-8-16(2,14)15)12-9-5-3-4-6-10(9)12/h9-13H,3-8H2,1-2H3. The summed E-state index contributed by atoms with van der Waals surface area (Å²) in [6, 6.07) is 0.419. The first-order valence-corrected chi connectivity index (χ1v) is 8.44. The highest BCUT2D eigenvalue weighted by atomic mass is 32.2. The fraction of sp³-hybridized carbons (Fsp3) is 1.00. The number of nitrogens with one attached hydrogen (secondary N) is 1. The van der Waals surface area contributed by atoms with Crippen molar-refractivity contribution in [3.8, 4) is 0 Å². The van der Waals surface area contributed by atoms with Crippen LogP contribution < -0.4 is 5.32 Å². The minimum absolute atomic E-state index is 0.328. The van der Waals surface area contributed by atoms with E-state index in [4.69, 9.17) is 0 Å². The summed E-state index contributed by atoms with van der Waals surface area (Å²) >= 11 is 0. The summed E-state index contributed by atoms with van der Waals surface area (Å²) in [7, 11) is -0.838. The van der Waals surface area contributed by atoms with E-state index in [1.807, 2.05) is 7.05 Å². The van der Waals surface area contributed by atoms with Gasteiger partial charge in [0.05, 0.1) is 5.75 Å². The molecule has 2 saturated carbocycles. The molecule has 16 heavy (non-hydrogen) atoms. The van der Waals surface area contributed by atoms with Crippen LogP contribution in [-0.4, -0.2) is 33.5 Å². The van der Waals surface area contributed by atoms with Crippen LogP contribution in [0.15, 0.2) is 0 Å². The van der Waals surface area contributed by atoms with Crippen molar-refractivity contribution < 1.29 is 8.42 Å². The highest BCUT2D eigenvalue weighted by Crippen LogP contribution is 2.57. The Morgan fingerprint density at radius 1 is 1.25 bits per heavy atom. The molecule has 0 aromatic carbocycles. The van der Waals surface area contributed by atoms with Gasteiger partial charge in [-0.2, -0.15) is 0 Å². The summed E-state index contributed by atoms with van der Waals surface area (Å²) < 4.78 is 22.4. The second-order valence-corrected chi connectivity index (χ2v) is 7.76. The van der Waals surface area contributed by atoms with Crippen LogP contribution in [0.4, 0.5) is 0 Å². The lowest BCUT2D eigenvalue weighted by molar-refractivity contribution is 0.449. The maximum absolute atomic E-state index is 11.2. The van der Waals surface area contributed by atoms with Crippen molar-refractivity contribution in [1.29, 1.82) is 0 Å². The predicted octanol–water partition coefficient (Wildman–Crippen LogP) is 1.45. The lowest BCUT2D eigenvalue weighted by atomic mass is 10.0. The van der Waals surface area contributed by atoms with Crippen molar-refractivity contribution in [3.05, 3.63) is 0 Å². The Bertz CT molecular complexity index is 327. The Kier molecular flexibility index (Phi) is 3.59. The second kappa shape index (κ2) is 4.65. The molecule has 2 aliphatic rings. The molecule has 3 atom stereocenters. The van der Waals surface area contributed by atoms with Crippen LogP contribution in [0.2, 0.25) is 0 Å². The van der Waals surface area contributed by atoms with Crippen molar-refractivity contribution in [2.75, 3.05) is 19.1 Å². The molecule has 1 N–H and O–H groups in total. The molecule has 0 aromatic rings. The topological polar surface area (TPSA) is 46.2 Å². The molecule has 0 spiro atoms. The second-order valence-electron chi connectivity index (χ2n) is 5.50. The molecule has 0 aromatic heterocycles. The maximum atomic E-state index is 11.2. The van der Waals surface area contributed by atoms with E-state index in [1.54, 1.807) is 0 Å². The number of rotatable bonds is 5. The van der Waals surface area contributed by atoms with Gasteiger partial charge in [0, 0.05) is 12.3 Å². The third kappa shape index (κ3) is 2.77. The van der Waals surface area contributed by atoms with Crippen molar-refractivity contribution >= 4 is 9.84 Å². The van der Waals surface area contributed by atoms with Crippen LogP contribution in [0.1, 0.15) is 32.1 Å². The molecule has 0 amide bonds. The molecule has 0 bridgehead atoms. The Balaban J connectivity index is 1.87. The van der Waals surface area contributed by atoms with Crippen LogP contribution >= 0.6 is 0 Å². The van der Waals surface area contributed by atoms with Gasteiger partial charge in [-0.25, -0.2) is 8.42 Å². The molecule has 3 nitrogen and oxygen atoms in total. The van der Waals surface area contributed by atoms with E-state index in [2.05, 4.69) is 5.32 Å². The van der Waals surface area contributed by atoms with Crippen molar-refractivity contribution in [2.24, 2.45) is 17.8 Å². The Labute approximate surface area is 98.9 Å². The molecule has 0 radical (unpaired) electrons. The molecule has 3 unspecified atom stereocenters. The molecule has 94 valence electrons. The smallest absolute Gasteiger partial charge is 0.147 e. The molecule has 0 saturated heterocycles. The van der Waals surface area contributed by atoms with Gasteiger partial charge in [0.15, 0.2) is 0 Å². The molecular formula is C12H23NO2S. The molecule has 4 heteroatoms. The van der Waals surface area contributed by atoms with E-state index < -0.39 is 9.84 Å². The van der Waals surface area contributed by atoms with Gasteiger partial charge in [0.25, 0.3) is 0 Å². The van der Waals surface area contributed by atoms with Crippen LogP contribution in [0.5, 0.6) is 0 Å². The summed E-state index contributed by atoms with van der Waals surface area (Å²) in [5.41, 5.74) is 0. The average molecular weight is 245 g/mol. The van der Waals surface area contributed by atoms with Gasteiger partial charge in [-0.15, -0.1) is 0 Å². The largest absolute Gasteiger partial charge is 0.317 e. The minimum Gasteiger partial charge on any atom is -0.317 e. The Hall–Kier alpha value is -0.0900. The monoisotopic (exact) mass is 245 g/mol. The molecule has 2 fully saturated rings. The Morgan fingerprint density at radius 2 is 1.81 bits per heavy atom. The normalized spacial score (nSPS) is 35.5. The van der Waals surface area contributed by atoms with E-state index in [0.717, 1.165) is 24.2 Å². The van der Waals surface area contributed by atoms with Crippen LogP contribution in [0.25, 0.3) is 0 Å². The summed E-state index contributed by atoms with van der Waals surface area (Å²) in [5.74, 6) is 2.87. The summed E-state index contributed by atoms with van der Waals surface area (Å²) in [6.45, 7) is 0. The van der Waals surface area contributed by atoms with E-state index in [9.17, 15) is 8.42 Å². The van der Waals surface area contributed by atoms with Gasteiger partial charge < -0.3 is 5.32 Å². The lowest BCUT2D eigenvalue weighted by Gasteiger charge is -2.15. The van der Waals surface area contributed by atoms with Gasteiger partial charge in [-0.1, -0.05) is 12.8 Å². The fourth-order valence-electron chi connectivity index (χ4n) is 3.51. The van der Waals surface area contributed by atoms with Crippen LogP contribution in [0.3, 0.4) is 0 Å². The maximum Gasteiger partial charge on any atom is 0.147 e. The van der Waals surface area contributed by atoms with Crippen LogP contribution in [0, 0.1) is 17.8 Å². The number of sulfone groups is 1. The highest BCUT2D eigenvalue weighted by Gasteiger charge is 2.53. The molecule has 0 aliphatic heterocycles. The quantitative estimate of drug-likeness (QED) is 0.797. The first-order chi connectivity index (χ1) is 7.53. The van der Waals surface area contributed by atoms with Gasteiger partial charge in [0.1, 0.15) is 9.84 Å². The van der Waals surface area contributed by atoms with E-state index in [1.165, 1.54) is 31.9 Å². The van der Waals surface area contributed by atoms with Gasteiger partial charge in [-0.05, 0) is 44.1 Å². The summed E-state index contributed by atoms with van der Waals surface area (Å²) in [5, 5.41) is 3.33. The number of hydrogen-bond acceptors (Lipinski definition) is 3. The third-order valence-corrected chi connectivity index (χ3v) is 5.34. The first kappa shape index (κ1) is 12.4. The fourth-order valence-corrected chi connectivity index (χ4v) is 4.20. The SMILES string of the molecule is CNC(CCS(C)(=O)=O)C1C2CCCCC21. The zero-order valence-electron chi connectivity index (χ0n) is 10.3. The summed E-state index contributed by atoms with van der Waals surface area (Å²) in [6.07, 6.45) is 7.60. The zero-order chi connectivity index (χ0) is 11.8. The van der Waals surface area contributed by atoms with Crippen molar-refractivity contribution in [2.45, 2.75) is 38.1 Å². The third-order valence-electron chi connectivity index (χ3n) is 4.36. The number of fused-ring (bicyclic) bond motifs is 1. The van der Waals surface area contributed by atoms with E-state index in [-0.39, 0.29) is 0 Å². The number of hydrogen-bond donors (Lipinski definition) is 1. The van der Waals surface area contributed by atoms with Gasteiger partial charge in [-0.3, -0.25) is 0 Å². The zero-order valence-corrected chi connectivity index (χ0v) is 11.1. The minimum atomic E-state index is -2.81. The van der Waals surface area contributed by atoms with Gasteiger partial charge >= 0.3 is 0 Å². The highest BCUT2D eigenvalue weighted by molar-refractivity contribution is 7.90. The molecular weight excluding hydrogens is 222 g/mol. The van der Waals surface area contributed by atoms with Crippen molar-refractivity contribution in [1.82, 2.24) is 5.32 Å². The molecule has 2 rings (SSSR count).